The monoisotopic (exact) mass is 379 g/mol. The first-order chi connectivity index (χ1) is 13.7. The van der Waals surface area contributed by atoms with Crippen molar-refractivity contribution in [2.24, 2.45) is 15.9 Å². The molecule has 5 rings (SSSR count). The van der Waals surface area contributed by atoms with Gasteiger partial charge in [0.1, 0.15) is 12.4 Å². The van der Waals surface area contributed by atoms with Gasteiger partial charge in [-0.3, -0.25) is 4.79 Å². The average molecular weight is 379 g/mol. The molecule has 4 aliphatic heterocycles. The van der Waals surface area contributed by atoms with Crippen LogP contribution in [-0.2, 0) is 11.2 Å². The highest BCUT2D eigenvalue weighted by Gasteiger charge is 2.36. The molecule has 2 unspecified atom stereocenters. The van der Waals surface area contributed by atoms with Gasteiger partial charge < -0.3 is 9.64 Å². The largest absolute Gasteiger partial charge is 0.480 e. The first-order valence-electron chi connectivity index (χ1n) is 10.1. The van der Waals surface area contributed by atoms with Gasteiger partial charge in [0.05, 0.1) is 0 Å². The number of hydrogen-bond donors (Lipinski definition) is 1. The first kappa shape index (κ1) is 17.4. The van der Waals surface area contributed by atoms with Crippen LogP contribution >= 0.6 is 0 Å². The normalized spacial score (nSPS) is 26.5. The van der Waals surface area contributed by atoms with Gasteiger partial charge >= 0.3 is 0 Å². The Balaban J connectivity index is 1.30. The molecule has 146 valence electrons. The topological polar surface area (TPSA) is 69.5 Å². The molecule has 7 nitrogen and oxygen atoms in total. The lowest BCUT2D eigenvalue weighted by molar-refractivity contribution is -0.141. The van der Waals surface area contributed by atoms with E-state index in [1.54, 1.807) is 0 Å². The molecular weight excluding hydrogens is 354 g/mol. The summed E-state index contributed by atoms with van der Waals surface area (Å²) in [5, 5.41) is 1.99. The molecule has 1 aromatic rings. The summed E-state index contributed by atoms with van der Waals surface area (Å²) in [7, 11) is 0. The predicted molar refractivity (Wildman–Crippen MR) is 107 cm³/mol. The van der Waals surface area contributed by atoms with Crippen LogP contribution in [0.15, 0.2) is 46.0 Å². The number of ether oxygens (including phenoxy) is 1. The number of fused-ring (bicyclic) bond motifs is 2. The van der Waals surface area contributed by atoms with Crippen molar-refractivity contribution in [1.29, 1.82) is 0 Å². The Kier molecular flexibility index (Phi) is 4.39. The molecule has 1 amide bonds. The summed E-state index contributed by atoms with van der Waals surface area (Å²) in [5.41, 5.74) is 6.59. The van der Waals surface area contributed by atoms with Crippen molar-refractivity contribution in [3.05, 3.63) is 41.6 Å². The number of nitrogens with one attached hydrogen (secondary N) is 1. The third-order valence-electron chi connectivity index (χ3n) is 5.89. The third-order valence-corrected chi connectivity index (χ3v) is 5.89. The first-order valence-corrected chi connectivity index (χ1v) is 10.1. The van der Waals surface area contributed by atoms with Crippen LogP contribution in [0, 0.1) is 5.92 Å². The molecule has 0 radical (unpaired) electrons. The number of allylic oxidation sites excluding steroid dienone is 1. The van der Waals surface area contributed by atoms with Crippen LogP contribution in [0.25, 0.3) is 0 Å². The van der Waals surface area contributed by atoms with Crippen LogP contribution in [0.4, 0.5) is 0 Å². The highest BCUT2D eigenvalue weighted by atomic mass is 16.5. The summed E-state index contributed by atoms with van der Waals surface area (Å²) in [4.78, 5) is 24.1. The van der Waals surface area contributed by atoms with E-state index in [-0.39, 0.29) is 17.9 Å². The number of benzene rings is 1. The highest BCUT2D eigenvalue weighted by Crippen LogP contribution is 2.31. The van der Waals surface area contributed by atoms with Crippen molar-refractivity contribution in [1.82, 2.24) is 15.3 Å². The van der Waals surface area contributed by atoms with Gasteiger partial charge in [0, 0.05) is 30.4 Å². The molecule has 1 saturated heterocycles. The minimum Gasteiger partial charge on any atom is -0.480 e. The van der Waals surface area contributed by atoms with E-state index in [0.29, 0.717) is 13.2 Å². The lowest BCUT2D eigenvalue weighted by Crippen LogP contribution is -2.50. The van der Waals surface area contributed by atoms with Crippen LogP contribution in [-0.4, -0.2) is 53.3 Å². The van der Waals surface area contributed by atoms with Crippen LogP contribution in [0.1, 0.15) is 31.7 Å². The Morgan fingerprint density at radius 3 is 3.11 bits per heavy atom. The summed E-state index contributed by atoms with van der Waals surface area (Å²) < 4.78 is 6.05. The number of carbonyl (C=O) groups is 1. The number of hydrogen-bond acceptors (Lipinski definition) is 6. The summed E-state index contributed by atoms with van der Waals surface area (Å²) in [6, 6.07) is 8.02. The van der Waals surface area contributed by atoms with Gasteiger partial charge in [-0.2, -0.15) is 0 Å². The van der Waals surface area contributed by atoms with Crippen LogP contribution in [0.3, 0.4) is 0 Å². The lowest BCUT2D eigenvalue weighted by atomic mass is 9.92. The second-order valence-electron chi connectivity index (χ2n) is 7.81. The Labute approximate surface area is 164 Å². The molecule has 7 heteroatoms. The minimum absolute atomic E-state index is 0.115. The second-order valence-corrected chi connectivity index (χ2v) is 7.81. The van der Waals surface area contributed by atoms with Gasteiger partial charge in [0.25, 0.3) is 5.91 Å². The van der Waals surface area contributed by atoms with Crippen LogP contribution < -0.4 is 10.2 Å². The average Bonchev–Trinajstić information content (AvgIpc) is 3.20. The fourth-order valence-corrected chi connectivity index (χ4v) is 4.50. The molecule has 0 aromatic heterocycles. The van der Waals surface area contributed by atoms with Crippen LogP contribution in [0.2, 0.25) is 0 Å². The number of amides is 1. The van der Waals surface area contributed by atoms with Gasteiger partial charge in [0.2, 0.25) is 5.96 Å². The van der Waals surface area contributed by atoms with E-state index < -0.39 is 0 Å². The molecule has 4 aliphatic rings. The zero-order valence-corrected chi connectivity index (χ0v) is 16.1. The third kappa shape index (κ3) is 3.09. The fourth-order valence-electron chi connectivity index (χ4n) is 4.50. The van der Waals surface area contributed by atoms with E-state index >= 15 is 0 Å². The molecule has 28 heavy (non-hydrogen) atoms. The summed E-state index contributed by atoms with van der Waals surface area (Å²) in [6.45, 7) is 4.06. The lowest BCUT2D eigenvalue weighted by Gasteiger charge is -2.39. The smallest absolute Gasteiger partial charge is 0.263 e. The SMILES string of the molecule is CC1=NC2=NCNN2C(C2CCCN(C(=O)C3CCc4ccccc4O3)C2)=C1. The van der Waals surface area contributed by atoms with E-state index in [9.17, 15) is 4.79 Å². The predicted octanol–water partition coefficient (Wildman–Crippen LogP) is 2.11. The van der Waals surface area contributed by atoms with Gasteiger partial charge in [-0.25, -0.2) is 20.4 Å². The van der Waals surface area contributed by atoms with Crippen molar-refractivity contribution < 1.29 is 9.53 Å². The number of carbonyl (C=O) groups excluding carboxylic acids is 1. The maximum absolute atomic E-state index is 13.2. The number of aryl methyl sites for hydroxylation is 1. The Morgan fingerprint density at radius 2 is 2.18 bits per heavy atom. The molecule has 1 N–H and O–H groups in total. The molecule has 0 spiro atoms. The van der Waals surface area contributed by atoms with E-state index in [1.165, 1.54) is 5.56 Å². The number of guanidine groups is 1. The van der Waals surface area contributed by atoms with Gasteiger partial charge in [-0.05, 0) is 50.3 Å². The molecule has 0 bridgehead atoms. The molecular formula is C21H25N5O2. The van der Waals surface area contributed by atoms with E-state index in [2.05, 4.69) is 27.6 Å². The molecule has 1 aromatic carbocycles. The Hall–Kier alpha value is -2.67. The fraction of sp³-hybridized carbons (Fsp3) is 0.476. The molecule has 1 fully saturated rings. The summed E-state index contributed by atoms with van der Waals surface area (Å²) >= 11 is 0. The van der Waals surface area contributed by atoms with Crippen molar-refractivity contribution in [2.45, 2.75) is 38.7 Å². The number of rotatable bonds is 2. The van der Waals surface area contributed by atoms with Crippen molar-refractivity contribution in [2.75, 3.05) is 19.8 Å². The molecule has 2 atom stereocenters. The second kappa shape index (κ2) is 7.05. The zero-order valence-electron chi connectivity index (χ0n) is 16.1. The maximum Gasteiger partial charge on any atom is 0.263 e. The molecule has 0 aliphatic carbocycles. The summed E-state index contributed by atoms with van der Waals surface area (Å²) in [6.07, 6.45) is 5.43. The number of nitrogens with zero attached hydrogens (tertiary/aromatic N) is 4. The van der Waals surface area contributed by atoms with Crippen molar-refractivity contribution in [3.63, 3.8) is 0 Å². The van der Waals surface area contributed by atoms with Crippen molar-refractivity contribution in [3.8, 4) is 5.75 Å². The van der Waals surface area contributed by atoms with Gasteiger partial charge in [-0.15, -0.1) is 0 Å². The number of hydrazine groups is 1. The Bertz CT molecular complexity index is 891. The minimum atomic E-state index is -0.376. The van der Waals surface area contributed by atoms with Crippen molar-refractivity contribution >= 4 is 17.6 Å². The summed E-state index contributed by atoms with van der Waals surface area (Å²) in [5.74, 6) is 1.97. The van der Waals surface area contributed by atoms with Gasteiger partial charge in [0.15, 0.2) is 6.10 Å². The van der Waals surface area contributed by atoms with Crippen LogP contribution in [0.5, 0.6) is 5.75 Å². The van der Waals surface area contributed by atoms with E-state index in [4.69, 9.17) is 4.74 Å². The number of aliphatic imine (C=N–C) groups is 2. The number of para-hydroxylation sites is 1. The van der Waals surface area contributed by atoms with Gasteiger partial charge in [-0.1, -0.05) is 18.2 Å². The highest BCUT2D eigenvalue weighted by molar-refractivity contribution is 6.05. The number of likely N-dealkylation sites (tertiary alicyclic amines) is 1. The molecule has 4 heterocycles. The standard InChI is InChI=1S/C21H25N5O2/c1-14-11-17(26-21(24-14)22-13-23-26)16-6-4-10-25(12-16)20(27)19-9-8-15-5-2-3-7-18(15)28-19/h2-3,5,7,11,16,19,23H,4,6,8-10,12-13H2,1H3. The maximum atomic E-state index is 13.2. The number of piperidine rings is 1. The Morgan fingerprint density at radius 1 is 1.29 bits per heavy atom. The molecule has 0 saturated carbocycles. The van der Waals surface area contributed by atoms with E-state index in [1.807, 2.05) is 35.0 Å². The zero-order chi connectivity index (χ0) is 19.1. The van der Waals surface area contributed by atoms with E-state index in [0.717, 1.165) is 55.3 Å². The quantitative estimate of drug-likeness (QED) is 0.855.